The van der Waals surface area contributed by atoms with Gasteiger partial charge >= 0.3 is 0 Å². The summed E-state index contributed by atoms with van der Waals surface area (Å²) >= 11 is 0. The molecule has 0 aliphatic carbocycles. The third kappa shape index (κ3) is 4.78. The molecule has 2 atom stereocenters. The monoisotopic (exact) mass is 424 g/mol. The average Bonchev–Trinajstić information content (AvgIpc) is 3.24. The second kappa shape index (κ2) is 9.16. The summed E-state index contributed by atoms with van der Waals surface area (Å²) < 4.78 is 13.8. The van der Waals surface area contributed by atoms with Crippen LogP contribution in [0, 0.1) is 19.7 Å². The van der Waals surface area contributed by atoms with Crippen molar-refractivity contribution in [1.29, 1.82) is 0 Å². The average molecular weight is 425 g/mol. The number of carbonyl (C=O) groups is 2. The van der Waals surface area contributed by atoms with Crippen molar-refractivity contribution < 1.29 is 14.0 Å². The number of halogens is 1. The summed E-state index contributed by atoms with van der Waals surface area (Å²) in [5, 5.41) is 2.90. The molecule has 0 saturated carbocycles. The summed E-state index contributed by atoms with van der Waals surface area (Å²) in [5.74, 6) is -0.842. The van der Waals surface area contributed by atoms with Crippen molar-refractivity contribution in [2.45, 2.75) is 51.2 Å². The maximum Gasteiger partial charge on any atom is 0.254 e. The molecule has 2 aliphatic rings. The number of benzene rings is 2. The largest absolute Gasteiger partial charge is 0.349 e. The molecule has 31 heavy (non-hydrogen) atoms. The number of hydrazine groups is 1. The first-order chi connectivity index (χ1) is 14.9. The Labute approximate surface area is 182 Å². The van der Waals surface area contributed by atoms with Gasteiger partial charge in [0, 0.05) is 25.2 Å². The van der Waals surface area contributed by atoms with Crippen LogP contribution in [0.2, 0.25) is 0 Å². The lowest BCUT2D eigenvalue weighted by Crippen LogP contribution is -2.51. The zero-order chi connectivity index (χ0) is 22.0. The summed E-state index contributed by atoms with van der Waals surface area (Å²) in [6, 6.07) is 12.1. The zero-order valence-electron chi connectivity index (χ0n) is 18.0. The lowest BCUT2D eigenvalue weighted by molar-refractivity contribution is -0.134. The predicted octanol–water partition coefficient (Wildman–Crippen LogP) is 2.77. The van der Waals surface area contributed by atoms with Crippen LogP contribution in [0.15, 0.2) is 42.5 Å². The standard InChI is InChI=1S/C24H29FN4O2/c1-15-7-8-18(16(2)13-15)21-14-22(28-27-21)24(31)29-11-9-17(10-12-29)26-23(30)19-5-3-4-6-20(19)25/h3-8,13,17,21-22,27-28H,9-12,14H2,1-2H3,(H,26,30). The van der Waals surface area contributed by atoms with E-state index >= 15 is 0 Å². The predicted molar refractivity (Wildman–Crippen MR) is 117 cm³/mol. The smallest absolute Gasteiger partial charge is 0.254 e. The summed E-state index contributed by atoms with van der Waals surface area (Å²) in [6.07, 6.45) is 2.02. The molecule has 164 valence electrons. The van der Waals surface area contributed by atoms with Gasteiger partial charge in [0.2, 0.25) is 5.91 Å². The van der Waals surface area contributed by atoms with Crippen LogP contribution in [0.1, 0.15) is 52.4 Å². The fourth-order valence-corrected chi connectivity index (χ4v) is 4.51. The van der Waals surface area contributed by atoms with E-state index in [9.17, 15) is 14.0 Å². The first-order valence-corrected chi connectivity index (χ1v) is 10.8. The van der Waals surface area contributed by atoms with Crippen LogP contribution in [-0.4, -0.2) is 41.9 Å². The van der Waals surface area contributed by atoms with E-state index in [2.05, 4.69) is 48.2 Å². The van der Waals surface area contributed by atoms with Gasteiger partial charge in [-0.2, -0.15) is 0 Å². The van der Waals surface area contributed by atoms with Gasteiger partial charge in [-0.1, -0.05) is 35.9 Å². The molecule has 2 fully saturated rings. The molecule has 3 N–H and O–H groups in total. The van der Waals surface area contributed by atoms with Crippen molar-refractivity contribution in [2.75, 3.05) is 13.1 Å². The zero-order valence-corrected chi connectivity index (χ0v) is 18.0. The molecule has 2 unspecified atom stereocenters. The van der Waals surface area contributed by atoms with Gasteiger partial charge in [-0.05, 0) is 56.4 Å². The van der Waals surface area contributed by atoms with Crippen molar-refractivity contribution in [1.82, 2.24) is 21.1 Å². The Hall–Kier alpha value is -2.77. The van der Waals surface area contributed by atoms with Gasteiger partial charge in [0.25, 0.3) is 5.91 Å². The van der Waals surface area contributed by atoms with Crippen molar-refractivity contribution in [2.24, 2.45) is 0 Å². The Bertz CT molecular complexity index is 972. The summed E-state index contributed by atoms with van der Waals surface area (Å²) in [6.45, 7) is 5.33. The molecule has 2 heterocycles. The highest BCUT2D eigenvalue weighted by molar-refractivity contribution is 5.94. The van der Waals surface area contributed by atoms with Gasteiger partial charge in [0.1, 0.15) is 11.9 Å². The summed E-state index contributed by atoms with van der Waals surface area (Å²) in [5.41, 5.74) is 10.1. The molecule has 6 nitrogen and oxygen atoms in total. The Morgan fingerprint density at radius 2 is 1.81 bits per heavy atom. The van der Waals surface area contributed by atoms with Crippen LogP contribution >= 0.6 is 0 Å². The Morgan fingerprint density at radius 3 is 2.52 bits per heavy atom. The molecule has 0 spiro atoms. The molecule has 4 rings (SSSR count). The summed E-state index contributed by atoms with van der Waals surface area (Å²) in [4.78, 5) is 27.2. The van der Waals surface area contributed by atoms with Gasteiger partial charge in [-0.3, -0.25) is 9.59 Å². The van der Waals surface area contributed by atoms with Crippen LogP contribution in [-0.2, 0) is 4.79 Å². The van der Waals surface area contributed by atoms with Crippen LogP contribution in [0.3, 0.4) is 0 Å². The highest BCUT2D eigenvalue weighted by Crippen LogP contribution is 2.27. The second-order valence-corrected chi connectivity index (χ2v) is 8.54. The molecular weight excluding hydrogens is 395 g/mol. The van der Waals surface area contributed by atoms with Crippen LogP contribution in [0.5, 0.6) is 0 Å². The van der Waals surface area contributed by atoms with E-state index in [4.69, 9.17) is 0 Å². The van der Waals surface area contributed by atoms with E-state index in [1.807, 2.05) is 4.90 Å². The van der Waals surface area contributed by atoms with E-state index in [1.165, 1.54) is 28.8 Å². The number of rotatable bonds is 4. The third-order valence-electron chi connectivity index (χ3n) is 6.26. The Kier molecular flexibility index (Phi) is 6.34. The van der Waals surface area contributed by atoms with E-state index in [1.54, 1.807) is 12.1 Å². The van der Waals surface area contributed by atoms with Crippen molar-refractivity contribution in [3.05, 3.63) is 70.5 Å². The molecule has 2 aliphatic heterocycles. The van der Waals surface area contributed by atoms with Gasteiger partial charge < -0.3 is 10.2 Å². The molecule has 0 bridgehead atoms. The van der Waals surface area contributed by atoms with E-state index in [-0.39, 0.29) is 29.6 Å². The van der Waals surface area contributed by atoms with Gasteiger partial charge in [-0.25, -0.2) is 15.2 Å². The number of amides is 2. The van der Waals surface area contributed by atoms with Crippen LogP contribution < -0.4 is 16.2 Å². The van der Waals surface area contributed by atoms with Crippen molar-refractivity contribution >= 4 is 11.8 Å². The number of aryl methyl sites for hydroxylation is 2. The molecular formula is C24H29FN4O2. The number of hydrogen-bond acceptors (Lipinski definition) is 4. The lowest BCUT2D eigenvalue weighted by Gasteiger charge is -2.33. The van der Waals surface area contributed by atoms with E-state index in [0.717, 1.165) is 0 Å². The minimum atomic E-state index is -0.522. The lowest BCUT2D eigenvalue weighted by atomic mass is 9.95. The molecule has 2 amide bonds. The molecule has 0 radical (unpaired) electrons. The highest BCUT2D eigenvalue weighted by atomic mass is 19.1. The number of carbonyl (C=O) groups excluding carboxylic acids is 2. The van der Waals surface area contributed by atoms with Crippen molar-refractivity contribution in [3.8, 4) is 0 Å². The molecule has 0 aromatic heterocycles. The molecule has 2 aromatic rings. The minimum absolute atomic E-state index is 0.0553. The Balaban J connectivity index is 1.29. The molecule has 2 saturated heterocycles. The SMILES string of the molecule is Cc1ccc(C2CC(C(=O)N3CCC(NC(=O)c4ccccc4F)CC3)NN2)c(C)c1. The van der Waals surface area contributed by atoms with Crippen molar-refractivity contribution in [3.63, 3.8) is 0 Å². The first kappa shape index (κ1) is 21.5. The maximum atomic E-state index is 13.8. The fraction of sp³-hybridized carbons (Fsp3) is 0.417. The quantitative estimate of drug-likeness (QED) is 0.706. The molecule has 2 aromatic carbocycles. The molecule has 7 heteroatoms. The maximum absolute atomic E-state index is 13.8. The van der Waals surface area contributed by atoms with Crippen LogP contribution in [0.25, 0.3) is 0 Å². The third-order valence-corrected chi connectivity index (χ3v) is 6.26. The Morgan fingerprint density at radius 1 is 1.06 bits per heavy atom. The fourth-order valence-electron chi connectivity index (χ4n) is 4.51. The highest BCUT2D eigenvalue weighted by Gasteiger charge is 2.35. The summed E-state index contributed by atoms with van der Waals surface area (Å²) in [7, 11) is 0. The normalized spacial score (nSPS) is 21.8. The number of nitrogens with zero attached hydrogens (tertiary/aromatic N) is 1. The minimum Gasteiger partial charge on any atom is -0.349 e. The number of nitrogens with one attached hydrogen (secondary N) is 3. The first-order valence-electron chi connectivity index (χ1n) is 10.8. The topological polar surface area (TPSA) is 73.5 Å². The van der Waals surface area contributed by atoms with Crippen LogP contribution in [0.4, 0.5) is 4.39 Å². The van der Waals surface area contributed by atoms with E-state index in [0.29, 0.717) is 32.4 Å². The number of piperidine rings is 1. The number of hydrogen-bond donors (Lipinski definition) is 3. The number of likely N-dealkylation sites (tertiary alicyclic amines) is 1. The van der Waals surface area contributed by atoms with Gasteiger partial charge in [0.05, 0.1) is 5.56 Å². The van der Waals surface area contributed by atoms with Gasteiger partial charge in [0.15, 0.2) is 0 Å². The van der Waals surface area contributed by atoms with Gasteiger partial charge in [-0.15, -0.1) is 0 Å². The second-order valence-electron chi connectivity index (χ2n) is 8.54. The van der Waals surface area contributed by atoms with E-state index < -0.39 is 11.7 Å².